The fraction of sp³-hybridized carbons (Fsp3) is 0.231. The smallest absolute Gasteiger partial charge is 0.240 e. The molecule has 0 unspecified atom stereocenters. The van der Waals surface area contributed by atoms with Gasteiger partial charge in [0.15, 0.2) is 5.13 Å². The molecule has 2 aromatic rings. The summed E-state index contributed by atoms with van der Waals surface area (Å²) in [5.74, 6) is -0.853. The van der Waals surface area contributed by atoms with Crippen LogP contribution < -0.4 is 10.0 Å². The fourth-order valence-electron chi connectivity index (χ4n) is 1.59. The number of sulfonamides is 1. The molecule has 0 saturated carbocycles. The summed E-state index contributed by atoms with van der Waals surface area (Å²) in [7, 11) is -3.75. The third-order valence-electron chi connectivity index (χ3n) is 2.63. The van der Waals surface area contributed by atoms with Gasteiger partial charge in [0.2, 0.25) is 15.9 Å². The van der Waals surface area contributed by atoms with Crippen LogP contribution in [-0.4, -0.2) is 25.9 Å². The predicted octanol–water partition coefficient (Wildman–Crippen LogP) is 1.90. The Bertz CT molecular complexity index is 757. The number of aromatic nitrogens is 1. The SMILES string of the molecule is Cc1csc(NC(=O)CCNS(=O)(=O)c2ccc(F)cc2)n1. The molecule has 2 rings (SSSR count). The van der Waals surface area contributed by atoms with Crippen molar-refractivity contribution in [1.29, 1.82) is 0 Å². The van der Waals surface area contributed by atoms with Gasteiger partial charge in [-0.3, -0.25) is 4.79 Å². The Morgan fingerprint density at radius 1 is 1.32 bits per heavy atom. The van der Waals surface area contributed by atoms with Crippen molar-refractivity contribution in [3.05, 3.63) is 41.2 Å². The van der Waals surface area contributed by atoms with Crippen LogP contribution in [0.5, 0.6) is 0 Å². The average molecular weight is 343 g/mol. The van der Waals surface area contributed by atoms with Gasteiger partial charge in [0.05, 0.1) is 10.6 Å². The molecule has 1 aromatic carbocycles. The van der Waals surface area contributed by atoms with E-state index >= 15 is 0 Å². The highest BCUT2D eigenvalue weighted by molar-refractivity contribution is 7.89. The summed E-state index contributed by atoms with van der Waals surface area (Å²) in [6, 6.07) is 4.45. The molecule has 0 aliphatic carbocycles. The second-order valence-electron chi connectivity index (χ2n) is 4.44. The van der Waals surface area contributed by atoms with E-state index in [9.17, 15) is 17.6 Å². The zero-order valence-corrected chi connectivity index (χ0v) is 13.3. The number of carbonyl (C=O) groups is 1. The summed E-state index contributed by atoms with van der Waals surface area (Å²) in [6.07, 6.45) is -0.0287. The van der Waals surface area contributed by atoms with E-state index in [0.717, 1.165) is 30.0 Å². The third kappa shape index (κ3) is 4.58. The molecule has 2 N–H and O–H groups in total. The molecule has 22 heavy (non-hydrogen) atoms. The lowest BCUT2D eigenvalue weighted by Gasteiger charge is -2.06. The first-order valence-corrected chi connectivity index (χ1v) is 8.70. The number of nitrogens with one attached hydrogen (secondary N) is 2. The van der Waals surface area contributed by atoms with Crippen molar-refractivity contribution in [3.63, 3.8) is 0 Å². The molecule has 0 aliphatic rings. The van der Waals surface area contributed by atoms with E-state index in [-0.39, 0.29) is 23.8 Å². The first-order valence-electron chi connectivity index (χ1n) is 6.34. The number of anilines is 1. The number of thiazole rings is 1. The van der Waals surface area contributed by atoms with Gasteiger partial charge in [0, 0.05) is 18.3 Å². The van der Waals surface area contributed by atoms with Gasteiger partial charge >= 0.3 is 0 Å². The molecule has 1 heterocycles. The Morgan fingerprint density at radius 2 is 2.00 bits per heavy atom. The van der Waals surface area contributed by atoms with Crippen LogP contribution in [0.3, 0.4) is 0 Å². The molecule has 9 heteroatoms. The Hall–Kier alpha value is -1.84. The number of hydrogen-bond acceptors (Lipinski definition) is 5. The van der Waals surface area contributed by atoms with Crippen LogP contribution >= 0.6 is 11.3 Å². The van der Waals surface area contributed by atoms with E-state index < -0.39 is 15.8 Å². The minimum Gasteiger partial charge on any atom is -0.302 e. The quantitative estimate of drug-likeness (QED) is 0.838. The molecule has 0 atom stereocenters. The maximum atomic E-state index is 12.8. The third-order valence-corrected chi connectivity index (χ3v) is 4.99. The summed E-state index contributed by atoms with van der Waals surface area (Å²) in [5.41, 5.74) is 0.803. The van der Waals surface area contributed by atoms with Crippen molar-refractivity contribution in [3.8, 4) is 0 Å². The Morgan fingerprint density at radius 3 is 2.59 bits per heavy atom. The average Bonchev–Trinajstić information content (AvgIpc) is 2.84. The van der Waals surface area contributed by atoms with Gasteiger partial charge in [-0.15, -0.1) is 11.3 Å². The van der Waals surface area contributed by atoms with Crippen LogP contribution in [0.2, 0.25) is 0 Å². The lowest BCUT2D eigenvalue weighted by atomic mass is 10.4. The summed E-state index contributed by atoms with van der Waals surface area (Å²) < 4.78 is 38.9. The first-order chi connectivity index (χ1) is 10.4. The van der Waals surface area contributed by atoms with Gasteiger partial charge in [0.1, 0.15) is 5.82 Å². The zero-order chi connectivity index (χ0) is 16.2. The van der Waals surface area contributed by atoms with Crippen LogP contribution in [0.15, 0.2) is 34.5 Å². The maximum Gasteiger partial charge on any atom is 0.240 e. The minimum absolute atomic E-state index is 0.0287. The van der Waals surface area contributed by atoms with Crippen LogP contribution in [0.25, 0.3) is 0 Å². The summed E-state index contributed by atoms with van der Waals surface area (Å²) in [4.78, 5) is 15.7. The number of halogens is 1. The Labute approximate surface area is 131 Å². The minimum atomic E-state index is -3.75. The van der Waals surface area contributed by atoms with Crippen molar-refractivity contribution in [2.24, 2.45) is 0 Å². The van der Waals surface area contributed by atoms with Crippen molar-refractivity contribution in [2.75, 3.05) is 11.9 Å². The Balaban J connectivity index is 1.84. The molecule has 0 radical (unpaired) electrons. The summed E-state index contributed by atoms with van der Waals surface area (Å²) in [6.45, 7) is 1.75. The highest BCUT2D eigenvalue weighted by atomic mass is 32.2. The standard InChI is InChI=1S/C13H14FN3O3S2/c1-9-8-21-13(16-9)17-12(18)6-7-15-22(19,20)11-4-2-10(14)3-5-11/h2-5,8,15H,6-7H2,1H3,(H,16,17,18). The second kappa shape index (κ2) is 6.95. The molecular weight excluding hydrogens is 329 g/mol. The number of amides is 1. The van der Waals surface area contributed by atoms with Crippen LogP contribution in [0.4, 0.5) is 9.52 Å². The summed E-state index contributed by atoms with van der Waals surface area (Å²) >= 11 is 1.30. The molecule has 0 spiro atoms. The zero-order valence-electron chi connectivity index (χ0n) is 11.7. The van der Waals surface area contributed by atoms with Gasteiger partial charge in [-0.25, -0.2) is 22.5 Å². The molecule has 0 fully saturated rings. The van der Waals surface area contributed by atoms with E-state index in [1.54, 1.807) is 5.38 Å². The molecular formula is C13H14FN3O3S2. The van der Waals surface area contributed by atoms with E-state index in [4.69, 9.17) is 0 Å². The monoisotopic (exact) mass is 343 g/mol. The lowest BCUT2D eigenvalue weighted by molar-refractivity contribution is -0.116. The van der Waals surface area contributed by atoms with Gasteiger partial charge in [-0.1, -0.05) is 0 Å². The van der Waals surface area contributed by atoms with Gasteiger partial charge in [0.25, 0.3) is 0 Å². The Kier molecular flexibility index (Phi) is 5.22. The molecule has 118 valence electrons. The second-order valence-corrected chi connectivity index (χ2v) is 7.07. The molecule has 6 nitrogen and oxygen atoms in total. The van der Waals surface area contributed by atoms with Crippen LogP contribution in [0, 0.1) is 12.7 Å². The molecule has 0 bridgehead atoms. The molecule has 1 aromatic heterocycles. The van der Waals surface area contributed by atoms with E-state index in [2.05, 4.69) is 15.0 Å². The van der Waals surface area contributed by atoms with E-state index in [1.165, 1.54) is 11.3 Å². The molecule has 0 saturated heterocycles. The van der Waals surface area contributed by atoms with Crippen LogP contribution in [0.1, 0.15) is 12.1 Å². The maximum absolute atomic E-state index is 12.8. The number of aryl methyl sites for hydroxylation is 1. The largest absolute Gasteiger partial charge is 0.302 e. The number of benzene rings is 1. The van der Waals surface area contributed by atoms with Crippen LogP contribution in [-0.2, 0) is 14.8 Å². The van der Waals surface area contributed by atoms with E-state index in [1.807, 2.05) is 6.92 Å². The highest BCUT2D eigenvalue weighted by Crippen LogP contribution is 2.14. The molecule has 0 aliphatic heterocycles. The fourth-order valence-corrected chi connectivity index (χ4v) is 3.33. The normalized spacial score (nSPS) is 11.4. The van der Waals surface area contributed by atoms with Gasteiger partial charge < -0.3 is 5.32 Å². The number of carbonyl (C=O) groups excluding carboxylic acids is 1. The predicted molar refractivity (Wildman–Crippen MR) is 81.7 cm³/mol. The number of nitrogens with zero attached hydrogens (tertiary/aromatic N) is 1. The van der Waals surface area contributed by atoms with Gasteiger partial charge in [-0.05, 0) is 31.2 Å². The number of hydrogen-bond donors (Lipinski definition) is 2. The highest BCUT2D eigenvalue weighted by Gasteiger charge is 2.14. The number of rotatable bonds is 6. The summed E-state index contributed by atoms with van der Waals surface area (Å²) in [5, 5.41) is 4.85. The van der Waals surface area contributed by atoms with Gasteiger partial charge in [-0.2, -0.15) is 0 Å². The lowest BCUT2D eigenvalue weighted by Crippen LogP contribution is -2.27. The molecule has 1 amide bonds. The van der Waals surface area contributed by atoms with Crippen molar-refractivity contribution >= 4 is 32.4 Å². The van der Waals surface area contributed by atoms with Crippen molar-refractivity contribution < 1.29 is 17.6 Å². The van der Waals surface area contributed by atoms with Crippen molar-refractivity contribution in [2.45, 2.75) is 18.2 Å². The van der Waals surface area contributed by atoms with E-state index in [0.29, 0.717) is 5.13 Å². The first kappa shape index (κ1) is 16.5. The topological polar surface area (TPSA) is 88.2 Å². The van der Waals surface area contributed by atoms with Crippen molar-refractivity contribution in [1.82, 2.24) is 9.71 Å².